The molecule has 6 nitrogen and oxygen atoms in total. The predicted molar refractivity (Wildman–Crippen MR) is 80.3 cm³/mol. The lowest BCUT2D eigenvalue weighted by Gasteiger charge is -2.31. The third-order valence-electron chi connectivity index (χ3n) is 4.57. The van der Waals surface area contributed by atoms with Crippen molar-refractivity contribution in [2.24, 2.45) is 0 Å². The SMILES string of the molecule is CC1CCCN1C(=O)Cc1cc(N2CCN(C)CC2)no1. The maximum Gasteiger partial charge on any atom is 0.230 e. The number of carbonyl (C=O) groups is 1. The molecule has 2 aliphatic rings. The summed E-state index contributed by atoms with van der Waals surface area (Å²) in [7, 11) is 2.13. The molecule has 1 aromatic rings. The smallest absolute Gasteiger partial charge is 0.230 e. The first-order valence-corrected chi connectivity index (χ1v) is 7.82. The van der Waals surface area contributed by atoms with E-state index in [0.29, 0.717) is 18.2 Å². The topological polar surface area (TPSA) is 52.8 Å². The third kappa shape index (κ3) is 3.20. The average Bonchev–Trinajstić information content (AvgIpc) is 3.09. The fourth-order valence-electron chi connectivity index (χ4n) is 3.12. The molecule has 0 spiro atoms. The van der Waals surface area contributed by atoms with Crippen molar-refractivity contribution in [3.05, 3.63) is 11.8 Å². The zero-order chi connectivity index (χ0) is 14.8. The van der Waals surface area contributed by atoms with Gasteiger partial charge in [0.25, 0.3) is 0 Å². The van der Waals surface area contributed by atoms with Gasteiger partial charge in [-0.3, -0.25) is 4.79 Å². The van der Waals surface area contributed by atoms with E-state index in [0.717, 1.165) is 51.4 Å². The van der Waals surface area contributed by atoms with E-state index in [4.69, 9.17) is 4.52 Å². The van der Waals surface area contributed by atoms with Crippen molar-refractivity contribution in [3.63, 3.8) is 0 Å². The Bertz CT molecular complexity index is 494. The normalized spacial score (nSPS) is 23.8. The van der Waals surface area contributed by atoms with Crippen molar-refractivity contribution in [1.82, 2.24) is 15.0 Å². The Morgan fingerprint density at radius 3 is 2.76 bits per heavy atom. The molecule has 116 valence electrons. The van der Waals surface area contributed by atoms with E-state index in [1.165, 1.54) is 0 Å². The van der Waals surface area contributed by atoms with Gasteiger partial charge in [0.2, 0.25) is 5.91 Å². The standard InChI is InChI=1S/C15H24N4O2/c1-12-4-3-5-19(12)15(20)11-13-10-14(16-21-13)18-8-6-17(2)7-9-18/h10,12H,3-9,11H2,1-2H3. The summed E-state index contributed by atoms with van der Waals surface area (Å²) in [6.45, 7) is 6.97. The molecule has 1 amide bonds. The second kappa shape index (κ2) is 6.05. The molecule has 0 aromatic carbocycles. The minimum atomic E-state index is 0.154. The van der Waals surface area contributed by atoms with Gasteiger partial charge >= 0.3 is 0 Å². The lowest BCUT2D eigenvalue weighted by atomic mass is 10.2. The molecule has 0 N–H and O–H groups in total. The number of hydrogen-bond acceptors (Lipinski definition) is 5. The van der Waals surface area contributed by atoms with Gasteiger partial charge in [0.05, 0.1) is 6.42 Å². The van der Waals surface area contributed by atoms with Crippen LogP contribution < -0.4 is 4.90 Å². The van der Waals surface area contributed by atoms with E-state index >= 15 is 0 Å². The van der Waals surface area contributed by atoms with Gasteiger partial charge in [0.1, 0.15) is 5.76 Å². The van der Waals surface area contributed by atoms with Crippen LogP contribution in [-0.2, 0) is 11.2 Å². The molecular formula is C15H24N4O2. The molecule has 0 saturated carbocycles. The zero-order valence-corrected chi connectivity index (χ0v) is 12.9. The lowest BCUT2D eigenvalue weighted by Crippen LogP contribution is -2.44. The molecule has 0 bridgehead atoms. The third-order valence-corrected chi connectivity index (χ3v) is 4.57. The van der Waals surface area contributed by atoms with Crippen molar-refractivity contribution in [2.45, 2.75) is 32.2 Å². The molecule has 6 heteroatoms. The van der Waals surface area contributed by atoms with Crippen LogP contribution in [0.2, 0.25) is 0 Å². The first kappa shape index (κ1) is 14.4. The summed E-state index contributed by atoms with van der Waals surface area (Å²) in [5, 5.41) is 4.13. The highest BCUT2D eigenvalue weighted by atomic mass is 16.5. The van der Waals surface area contributed by atoms with Gasteiger partial charge in [0, 0.05) is 44.8 Å². The van der Waals surface area contributed by atoms with Crippen LogP contribution in [0.25, 0.3) is 0 Å². The van der Waals surface area contributed by atoms with Gasteiger partial charge in [-0.1, -0.05) is 5.16 Å². The summed E-state index contributed by atoms with van der Waals surface area (Å²) < 4.78 is 5.36. The van der Waals surface area contributed by atoms with E-state index in [2.05, 4.69) is 28.9 Å². The summed E-state index contributed by atoms with van der Waals surface area (Å²) in [5.74, 6) is 1.69. The van der Waals surface area contributed by atoms with Gasteiger partial charge in [0.15, 0.2) is 5.82 Å². The zero-order valence-electron chi connectivity index (χ0n) is 12.9. The van der Waals surface area contributed by atoms with Gasteiger partial charge < -0.3 is 19.2 Å². The van der Waals surface area contributed by atoms with E-state index < -0.39 is 0 Å². The van der Waals surface area contributed by atoms with Crippen LogP contribution in [0.1, 0.15) is 25.5 Å². The molecule has 1 aromatic heterocycles. The first-order chi connectivity index (χ1) is 10.1. The summed E-state index contributed by atoms with van der Waals surface area (Å²) in [4.78, 5) is 18.7. The van der Waals surface area contributed by atoms with Crippen molar-refractivity contribution in [2.75, 3.05) is 44.7 Å². The molecule has 3 rings (SSSR count). The number of hydrogen-bond donors (Lipinski definition) is 0. The van der Waals surface area contributed by atoms with Gasteiger partial charge in [-0.25, -0.2) is 0 Å². The Hall–Kier alpha value is -1.56. The molecule has 1 unspecified atom stereocenters. The van der Waals surface area contributed by atoms with Gasteiger partial charge in [-0.2, -0.15) is 0 Å². The van der Waals surface area contributed by atoms with E-state index in [9.17, 15) is 4.79 Å². The Morgan fingerprint density at radius 2 is 2.10 bits per heavy atom. The molecule has 3 heterocycles. The molecule has 2 aliphatic heterocycles. The Kier molecular flexibility index (Phi) is 4.14. The minimum absolute atomic E-state index is 0.154. The number of rotatable bonds is 3. The highest BCUT2D eigenvalue weighted by molar-refractivity contribution is 5.79. The number of likely N-dealkylation sites (N-methyl/N-ethyl adjacent to an activating group) is 1. The lowest BCUT2D eigenvalue weighted by molar-refractivity contribution is -0.131. The number of aromatic nitrogens is 1. The largest absolute Gasteiger partial charge is 0.359 e. The number of carbonyl (C=O) groups excluding carboxylic acids is 1. The average molecular weight is 292 g/mol. The van der Waals surface area contributed by atoms with Crippen LogP contribution in [-0.4, -0.2) is 66.7 Å². The van der Waals surface area contributed by atoms with Crippen molar-refractivity contribution in [3.8, 4) is 0 Å². The maximum atomic E-state index is 12.3. The number of likely N-dealkylation sites (tertiary alicyclic amines) is 1. The second-order valence-electron chi connectivity index (χ2n) is 6.20. The first-order valence-electron chi connectivity index (χ1n) is 7.82. The van der Waals surface area contributed by atoms with E-state index in [1.807, 2.05) is 11.0 Å². The van der Waals surface area contributed by atoms with Crippen molar-refractivity contribution in [1.29, 1.82) is 0 Å². The Balaban J connectivity index is 1.58. The molecular weight excluding hydrogens is 268 g/mol. The highest BCUT2D eigenvalue weighted by Crippen LogP contribution is 2.20. The molecule has 21 heavy (non-hydrogen) atoms. The van der Waals surface area contributed by atoms with Crippen LogP contribution in [0.4, 0.5) is 5.82 Å². The van der Waals surface area contributed by atoms with Crippen molar-refractivity contribution < 1.29 is 9.32 Å². The predicted octanol–water partition coefficient (Wildman–Crippen LogP) is 0.980. The molecule has 2 fully saturated rings. The Morgan fingerprint density at radius 1 is 1.33 bits per heavy atom. The van der Waals surface area contributed by atoms with E-state index in [1.54, 1.807) is 0 Å². The fraction of sp³-hybridized carbons (Fsp3) is 0.733. The van der Waals surface area contributed by atoms with Gasteiger partial charge in [-0.15, -0.1) is 0 Å². The molecule has 2 saturated heterocycles. The summed E-state index contributed by atoms with van der Waals surface area (Å²) in [6, 6.07) is 2.28. The minimum Gasteiger partial charge on any atom is -0.359 e. The van der Waals surface area contributed by atoms with Crippen LogP contribution in [0.3, 0.4) is 0 Å². The Labute approximate surface area is 125 Å². The molecule has 0 radical (unpaired) electrons. The highest BCUT2D eigenvalue weighted by Gasteiger charge is 2.26. The quantitative estimate of drug-likeness (QED) is 0.831. The van der Waals surface area contributed by atoms with Crippen LogP contribution >= 0.6 is 0 Å². The molecule has 0 aliphatic carbocycles. The summed E-state index contributed by atoms with van der Waals surface area (Å²) >= 11 is 0. The fourth-order valence-corrected chi connectivity index (χ4v) is 3.12. The second-order valence-corrected chi connectivity index (χ2v) is 6.20. The number of nitrogens with zero attached hydrogens (tertiary/aromatic N) is 4. The number of anilines is 1. The van der Waals surface area contributed by atoms with Crippen LogP contribution in [0.5, 0.6) is 0 Å². The number of amides is 1. The maximum absolute atomic E-state index is 12.3. The molecule has 1 atom stereocenters. The monoisotopic (exact) mass is 292 g/mol. The van der Waals surface area contributed by atoms with E-state index in [-0.39, 0.29) is 5.91 Å². The van der Waals surface area contributed by atoms with Gasteiger partial charge in [-0.05, 0) is 26.8 Å². The van der Waals surface area contributed by atoms with Crippen molar-refractivity contribution >= 4 is 11.7 Å². The van der Waals surface area contributed by atoms with Crippen LogP contribution in [0, 0.1) is 0 Å². The summed E-state index contributed by atoms with van der Waals surface area (Å²) in [6.07, 6.45) is 2.54. The summed E-state index contributed by atoms with van der Waals surface area (Å²) in [5.41, 5.74) is 0. The number of piperazine rings is 1. The van der Waals surface area contributed by atoms with Crippen LogP contribution in [0.15, 0.2) is 10.6 Å².